The van der Waals surface area contributed by atoms with Gasteiger partial charge in [0, 0.05) is 17.2 Å². The molecule has 9 nitrogen and oxygen atoms in total. The van der Waals surface area contributed by atoms with Gasteiger partial charge < -0.3 is 23.8 Å². The summed E-state index contributed by atoms with van der Waals surface area (Å²) in [5, 5.41) is 15.6. The molecule has 0 bridgehead atoms. The van der Waals surface area contributed by atoms with Crippen LogP contribution in [-0.2, 0) is 4.84 Å². The molecule has 0 aliphatic heterocycles. The molecule has 164 valence electrons. The van der Waals surface area contributed by atoms with Crippen molar-refractivity contribution in [2.24, 2.45) is 5.16 Å². The maximum absolute atomic E-state index is 11.5. The average Bonchev–Trinajstić information content (AvgIpc) is 3.21. The van der Waals surface area contributed by atoms with Gasteiger partial charge in [0.1, 0.15) is 7.11 Å². The summed E-state index contributed by atoms with van der Waals surface area (Å²) in [7, 11) is 10.3. The molecule has 0 N–H and O–H groups in total. The van der Waals surface area contributed by atoms with Crippen molar-refractivity contribution in [1.82, 2.24) is 0 Å². The first-order chi connectivity index (χ1) is 15.0. The monoisotopic (exact) mass is 464 g/mol. The summed E-state index contributed by atoms with van der Waals surface area (Å²) in [5.41, 5.74) is 1.93. The fourth-order valence-corrected chi connectivity index (χ4v) is 5.57. The molecule has 11 heteroatoms. The zero-order valence-corrected chi connectivity index (χ0v) is 19.1. The average molecular weight is 465 g/mol. The first kappa shape index (κ1) is 22.4. The molecule has 31 heavy (non-hydrogen) atoms. The number of benzene rings is 2. The third-order valence-electron chi connectivity index (χ3n) is 4.41. The minimum Gasteiger partial charge on any atom is -0.493 e. The van der Waals surface area contributed by atoms with E-state index in [-0.39, 0.29) is 11.4 Å². The van der Waals surface area contributed by atoms with Crippen molar-refractivity contribution < 1.29 is 28.7 Å². The zero-order chi connectivity index (χ0) is 22.5. The van der Waals surface area contributed by atoms with E-state index in [0.29, 0.717) is 33.0 Å². The van der Waals surface area contributed by atoms with Gasteiger partial charge in [-0.3, -0.25) is 10.1 Å². The molecule has 0 unspecified atom stereocenters. The molecule has 0 saturated carbocycles. The molecule has 0 fully saturated rings. The van der Waals surface area contributed by atoms with Gasteiger partial charge in [-0.1, -0.05) is 31.9 Å². The molecule has 0 atom stereocenters. The Kier molecular flexibility index (Phi) is 6.98. The molecule has 3 rings (SSSR count). The second-order valence-corrected chi connectivity index (χ2v) is 8.14. The van der Waals surface area contributed by atoms with E-state index in [9.17, 15) is 10.1 Å². The lowest BCUT2D eigenvalue weighted by Gasteiger charge is -2.14. The Morgan fingerprint density at radius 2 is 1.48 bits per heavy atom. The van der Waals surface area contributed by atoms with E-state index in [1.54, 1.807) is 12.1 Å². The van der Waals surface area contributed by atoms with Gasteiger partial charge in [0.2, 0.25) is 5.75 Å². The van der Waals surface area contributed by atoms with Crippen LogP contribution in [0.25, 0.3) is 21.6 Å². The molecule has 3 aromatic rings. The number of methoxy groups -OCH3 is 4. The normalized spacial score (nSPS) is 11.2. The van der Waals surface area contributed by atoms with Gasteiger partial charge in [0.15, 0.2) is 21.9 Å². The Bertz CT molecular complexity index is 1150. The third kappa shape index (κ3) is 4.28. The Morgan fingerprint density at radius 3 is 2.00 bits per heavy atom. The van der Waals surface area contributed by atoms with Crippen LogP contribution in [0, 0.1) is 10.1 Å². The lowest BCUT2D eigenvalue weighted by atomic mass is 10.0. The number of rotatable bonds is 8. The summed E-state index contributed by atoms with van der Waals surface area (Å²) in [4.78, 5) is 16.9. The van der Waals surface area contributed by atoms with Crippen molar-refractivity contribution in [3.05, 3.63) is 45.1 Å². The quantitative estimate of drug-likeness (QED) is 0.274. The number of nitrogens with zero attached hydrogens (tertiary/aromatic N) is 2. The minimum absolute atomic E-state index is 0.143. The molecule has 0 amide bonds. The molecule has 0 saturated heterocycles. The molecule has 0 spiro atoms. The number of nitro groups is 1. The summed E-state index contributed by atoms with van der Waals surface area (Å²) >= 11 is 0. The van der Waals surface area contributed by atoms with E-state index >= 15 is 0 Å². The van der Waals surface area contributed by atoms with Crippen LogP contribution in [0.15, 0.2) is 35.5 Å². The SMILES string of the molecule is CO/N=c1/ssc(-c2cc(OC)c(OC)c(OC)c2)c1-c1ccc(OC)c([N+](=O)[O-])c1. The van der Waals surface area contributed by atoms with Crippen LogP contribution >= 0.6 is 20.7 Å². The van der Waals surface area contributed by atoms with E-state index in [4.69, 9.17) is 23.8 Å². The van der Waals surface area contributed by atoms with Crippen LogP contribution in [0.1, 0.15) is 0 Å². The highest BCUT2D eigenvalue weighted by Crippen LogP contribution is 2.45. The van der Waals surface area contributed by atoms with E-state index < -0.39 is 4.92 Å². The second kappa shape index (κ2) is 9.67. The predicted molar refractivity (Wildman–Crippen MR) is 119 cm³/mol. The van der Waals surface area contributed by atoms with Crippen molar-refractivity contribution >= 4 is 26.4 Å². The second-order valence-electron chi connectivity index (χ2n) is 6.01. The predicted octanol–water partition coefficient (Wildman–Crippen LogP) is 4.55. The highest BCUT2D eigenvalue weighted by Gasteiger charge is 2.22. The topological polar surface area (TPSA) is 102 Å². The lowest BCUT2D eigenvalue weighted by Crippen LogP contribution is -2.02. The van der Waals surface area contributed by atoms with Gasteiger partial charge in [-0.15, -0.1) is 0 Å². The smallest absolute Gasteiger partial charge is 0.311 e. The van der Waals surface area contributed by atoms with Crippen molar-refractivity contribution in [3.8, 4) is 44.6 Å². The number of hydrogen-bond donors (Lipinski definition) is 0. The summed E-state index contributed by atoms with van der Waals surface area (Å²) in [6, 6.07) is 8.40. The molecular formula is C20H20N2O7S2. The summed E-state index contributed by atoms with van der Waals surface area (Å²) in [6.45, 7) is 0. The number of hydrogen-bond acceptors (Lipinski definition) is 10. The van der Waals surface area contributed by atoms with Crippen LogP contribution in [0.5, 0.6) is 23.0 Å². The third-order valence-corrected chi connectivity index (χ3v) is 6.76. The van der Waals surface area contributed by atoms with Crippen molar-refractivity contribution in [3.63, 3.8) is 0 Å². The molecule has 1 aromatic heterocycles. The van der Waals surface area contributed by atoms with Crippen LogP contribution in [-0.4, -0.2) is 40.5 Å². The molecule has 0 aliphatic carbocycles. The van der Waals surface area contributed by atoms with Crippen LogP contribution in [0.2, 0.25) is 0 Å². The summed E-state index contributed by atoms with van der Waals surface area (Å²) < 4.78 is 22.1. The Labute approximate surface area is 185 Å². The summed E-state index contributed by atoms with van der Waals surface area (Å²) in [6.07, 6.45) is 0. The Balaban J connectivity index is 2.31. The number of nitro benzene ring substituents is 1. The summed E-state index contributed by atoms with van der Waals surface area (Å²) in [5.74, 6) is 1.63. The van der Waals surface area contributed by atoms with Crippen molar-refractivity contribution in [2.45, 2.75) is 0 Å². The van der Waals surface area contributed by atoms with Crippen molar-refractivity contribution in [2.75, 3.05) is 35.5 Å². The van der Waals surface area contributed by atoms with Crippen molar-refractivity contribution in [1.29, 1.82) is 0 Å². The lowest BCUT2D eigenvalue weighted by molar-refractivity contribution is -0.385. The molecule has 1 heterocycles. The van der Waals surface area contributed by atoms with Gasteiger partial charge in [-0.05, 0) is 23.8 Å². The maximum Gasteiger partial charge on any atom is 0.311 e. The minimum atomic E-state index is -0.482. The Morgan fingerprint density at radius 1 is 0.839 bits per heavy atom. The van der Waals surface area contributed by atoms with Gasteiger partial charge in [0.05, 0.1) is 38.2 Å². The standard InChI is InChI=1S/C20H20N2O7S2/c1-25-14-7-6-11(8-13(14)22(23)24)17-19(30-31-20(17)21-29-5)12-9-15(26-2)18(28-4)16(10-12)27-3/h6-10H,1-5H3/b21-20+. The highest BCUT2D eigenvalue weighted by molar-refractivity contribution is 7.70. The van der Waals surface area contributed by atoms with E-state index in [2.05, 4.69) is 5.16 Å². The Hall–Kier alpha value is -3.31. The fraction of sp³-hybridized carbons (Fsp3) is 0.250. The zero-order valence-electron chi connectivity index (χ0n) is 17.5. The van der Waals surface area contributed by atoms with Gasteiger partial charge in [-0.2, -0.15) is 0 Å². The van der Waals surface area contributed by atoms with E-state index in [1.165, 1.54) is 62.3 Å². The fourth-order valence-electron chi connectivity index (χ4n) is 3.05. The molecule has 0 aliphatic rings. The molecule has 2 aromatic carbocycles. The maximum atomic E-state index is 11.5. The van der Waals surface area contributed by atoms with Crippen LogP contribution < -0.4 is 23.6 Å². The van der Waals surface area contributed by atoms with Crippen LogP contribution in [0.3, 0.4) is 0 Å². The van der Waals surface area contributed by atoms with Crippen LogP contribution in [0.4, 0.5) is 5.69 Å². The van der Waals surface area contributed by atoms with E-state index in [1.807, 2.05) is 12.1 Å². The molecule has 0 radical (unpaired) electrons. The van der Waals surface area contributed by atoms with E-state index in [0.717, 1.165) is 10.4 Å². The first-order valence-corrected chi connectivity index (χ1v) is 11.0. The number of ether oxygens (including phenoxy) is 4. The first-order valence-electron chi connectivity index (χ1n) is 8.82. The van der Waals surface area contributed by atoms with Gasteiger partial charge in [0.25, 0.3) is 0 Å². The largest absolute Gasteiger partial charge is 0.493 e. The molecular weight excluding hydrogens is 444 g/mol. The van der Waals surface area contributed by atoms with Gasteiger partial charge >= 0.3 is 5.69 Å². The van der Waals surface area contributed by atoms with Gasteiger partial charge in [-0.25, -0.2) is 0 Å². The highest BCUT2D eigenvalue weighted by atomic mass is 32.9.